The molecule has 4 aromatic rings. The van der Waals surface area contributed by atoms with Gasteiger partial charge in [0.25, 0.3) is 24.7 Å². The van der Waals surface area contributed by atoms with Crippen molar-refractivity contribution in [2.75, 3.05) is 60.0 Å². The standard InChI is InChI=1S/C45H55F5N6O6.C13H19FN2O/c1-27(2)39(54(6)25-57)42(59)53-36(43(60)56-16-9-8-15-52-56)19-29-17-31(20-32(18-29)41(46)47)30-12-13-37-34(21-30)35(22-44(4,5)24-62-26-58)40(55(37)23-45(48,49)50)33-11-10-14-51-38(33)28(3)61-7;1-13(2,16-7-3-8-16)6-4-12(17)15-9-5-11(14)10-15/h10-14,17-18,20-21,25-28,36,39,41,52H,8-9,15-16,19,22-24H2,1-7H3,(H,53,59);11H,3,5,7-10H2,1-2H3. The van der Waals surface area contributed by atoms with Crippen LogP contribution < -0.4 is 10.7 Å². The number of nitrogens with one attached hydrogen (secondary N) is 2. The first kappa shape index (κ1) is 61.7. The van der Waals surface area contributed by atoms with Crippen LogP contribution in [0, 0.1) is 23.2 Å². The van der Waals surface area contributed by atoms with Crippen LogP contribution in [0.3, 0.4) is 0 Å². The minimum atomic E-state index is -4.66. The topological polar surface area (TPSA) is 159 Å². The molecule has 0 radical (unpaired) electrons. The predicted molar refractivity (Wildman–Crippen MR) is 288 cm³/mol. The Morgan fingerprint density at radius 3 is 2.28 bits per heavy atom. The summed E-state index contributed by atoms with van der Waals surface area (Å²) >= 11 is 0. The van der Waals surface area contributed by atoms with Crippen molar-refractivity contribution in [1.29, 1.82) is 0 Å². The summed E-state index contributed by atoms with van der Waals surface area (Å²) in [5.41, 5.74) is 4.34. The Morgan fingerprint density at radius 2 is 1.70 bits per heavy atom. The highest BCUT2D eigenvalue weighted by molar-refractivity contribution is 5.96. The van der Waals surface area contributed by atoms with Gasteiger partial charge in [-0.15, -0.1) is 0 Å². The first-order chi connectivity index (χ1) is 37.3. The van der Waals surface area contributed by atoms with Gasteiger partial charge in [-0.3, -0.25) is 38.9 Å². The van der Waals surface area contributed by atoms with E-state index in [9.17, 15) is 50.3 Å². The molecule has 0 aliphatic carbocycles. The van der Waals surface area contributed by atoms with Gasteiger partial charge < -0.3 is 29.2 Å². The molecule has 15 nitrogen and oxygen atoms in total. The molecule has 0 bridgehead atoms. The van der Waals surface area contributed by atoms with Gasteiger partial charge in [0.1, 0.15) is 24.8 Å². The molecule has 0 saturated carbocycles. The minimum absolute atomic E-state index is 0.0531. The number of hydrazine groups is 1. The zero-order chi connectivity index (χ0) is 58.0. The lowest BCUT2D eigenvalue weighted by molar-refractivity contribution is -0.142. The van der Waals surface area contributed by atoms with E-state index < -0.39 is 60.7 Å². The molecule has 430 valence electrons. The second kappa shape index (κ2) is 26.6. The molecule has 0 spiro atoms. The Hall–Kier alpha value is -6.50. The monoisotopic (exact) mass is 1110 g/mol. The van der Waals surface area contributed by atoms with Crippen molar-refractivity contribution < 1.29 is 59.8 Å². The average Bonchev–Trinajstić information content (AvgIpc) is 3.96. The average molecular weight is 1110 g/mol. The smallest absolute Gasteiger partial charge is 0.406 e. The molecule has 5 heterocycles. The highest BCUT2D eigenvalue weighted by atomic mass is 19.4. The van der Waals surface area contributed by atoms with Gasteiger partial charge in [0, 0.05) is 86.9 Å². The van der Waals surface area contributed by atoms with E-state index in [1.165, 1.54) is 64.4 Å². The molecule has 2 aromatic carbocycles. The van der Waals surface area contributed by atoms with Gasteiger partial charge in [-0.05, 0) is 117 Å². The fourth-order valence-corrected chi connectivity index (χ4v) is 10.3. The summed E-state index contributed by atoms with van der Waals surface area (Å²) in [7, 11) is 2.92. The van der Waals surface area contributed by atoms with Crippen molar-refractivity contribution in [2.24, 2.45) is 11.3 Å². The number of carbonyl (C=O) groups is 5. The van der Waals surface area contributed by atoms with Gasteiger partial charge in [0.05, 0.1) is 36.2 Å². The summed E-state index contributed by atoms with van der Waals surface area (Å²) in [6.07, 6.45) is -3.93. The van der Waals surface area contributed by atoms with E-state index >= 15 is 0 Å². The summed E-state index contributed by atoms with van der Waals surface area (Å²) in [5, 5.41) is 4.60. The lowest BCUT2D eigenvalue weighted by atomic mass is 9.84. The molecule has 21 heteroatoms. The molecule has 4 amide bonds. The Morgan fingerprint density at radius 1 is 0.962 bits per heavy atom. The minimum Gasteiger partial charge on any atom is -0.467 e. The quantitative estimate of drug-likeness (QED) is 0.0499. The van der Waals surface area contributed by atoms with E-state index in [1.54, 1.807) is 51.1 Å². The van der Waals surface area contributed by atoms with Gasteiger partial charge in [-0.1, -0.05) is 51.8 Å². The van der Waals surface area contributed by atoms with Crippen LogP contribution in [-0.4, -0.2) is 150 Å². The summed E-state index contributed by atoms with van der Waals surface area (Å²) in [5.74, 6) is 4.04. The zero-order valence-electron chi connectivity index (χ0n) is 46.5. The number of hydrogen-bond acceptors (Lipinski definition) is 10. The fourth-order valence-electron chi connectivity index (χ4n) is 10.3. The lowest BCUT2D eigenvalue weighted by Crippen LogP contribution is -2.58. The fraction of sp³-hybridized carbons (Fsp3) is 0.552. The van der Waals surface area contributed by atoms with Gasteiger partial charge >= 0.3 is 6.18 Å². The van der Waals surface area contributed by atoms with Crippen LogP contribution >= 0.6 is 0 Å². The van der Waals surface area contributed by atoms with E-state index in [4.69, 9.17) is 9.47 Å². The normalized spacial score (nSPS) is 17.3. The highest BCUT2D eigenvalue weighted by Crippen LogP contribution is 2.43. The molecule has 4 atom stereocenters. The van der Waals surface area contributed by atoms with Crippen LogP contribution in [0.4, 0.5) is 26.3 Å². The van der Waals surface area contributed by atoms with Crippen LogP contribution in [-0.2, 0) is 52.8 Å². The maximum absolute atomic E-state index is 14.7. The molecule has 2 N–H and O–H groups in total. The number of amides is 4. The van der Waals surface area contributed by atoms with E-state index in [0.717, 1.165) is 19.5 Å². The van der Waals surface area contributed by atoms with Crippen molar-refractivity contribution in [3.8, 4) is 34.2 Å². The second-order valence-corrected chi connectivity index (χ2v) is 22.2. The molecule has 3 aliphatic heterocycles. The number of pyridine rings is 1. The van der Waals surface area contributed by atoms with E-state index in [2.05, 4.69) is 32.5 Å². The van der Waals surface area contributed by atoms with Crippen molar-refractivity contribution in [3.05, 3.63) is 77.1 Å². The highest BCUT2D eigenvalue weighted by Gasteiger charge is 2.37. The summed E-state index contributed by atoms with van der Waals surface area (Å²) in [4.78, 5) is 71.9. The van der Waals surface area contributed by atoms with Gasteiger partial charge in [-0.2, -0.15) is 13.2 Å². The number of nitrogens with zero attached hydrogens (tertiary/aromatic N) is 6. The van der Waals surface area contributed by atoms with Crippen molar-refractivity contribution in [3.63, 3.8) is 0 Å². The largest absolute Gasteiger partial charge is 0.467 e. The first-order valence-corrected chi connectivity index (χ1v) is 26.7. The third kappa shape index (κ3) is 15.9. The molecule has 79 heavy (non-hydrogen) atoms. The van der Waals surface area contributed by atoms with Crippen LogP contribution in [0.2, 0.25) is 0 Å². The molecule has 4 unspecified atom stereocenters. The Kier molecular flexibility index (Phi) is 20.8. The zero-order valence-corrected chi connectivity index (χ0v) is 46.5. The van der Waals surface area contributed by atoms with E-state index in [1.807, 2.05) is 27.7 Å². The van der Waals surface area contributed by atoms with E-state index in [-0.39, 0.29) is 65.7 Å². The van der Waals surface area contributed by atoms with Crippen molar-refractivity contribution in [1.82, 2.24) is 40.0 Å². The Labute approximate surface area is 458 Å². The molecule has 3 fully saturated rings. The number of likely N-dealkylation sites (tertiary alicyclic amines) is 2. The molecule has 7 rings (SSSR count). The van der Waals surface area contributed by atoms with Crippen LogP contribution in [0.1, 0.15) is 109 Å². The number of carbonyl (C=O) groups excluding carboxylic acids is 5. The Balaban J connectivity index is 0.000000501. The molecular formula is C58H74F6N8O7. The maximum atomic E-state index is 14.7. The van der Waals surface area contributed by atoms with Gasteiger partial charge in [0.15, 0.2) is 0 Å². The lowest BCUT2D eigenvalue weighted by Gasteiger charge is -2.41. The van der Waals surface area contributed by atoms with Crippen molar-refractivity contribution >= 4 is 41.5 Å². The summed E-state index contributed by atoms with van der Waals surface area (Å²) < 4.78 is 98.0. The summed E-state index contributed by atoms with van der Waals surface area (Å²) in [6, 6.07) is 10.1. The maximum Gasteiger partial charge on any atom is 0.406 e. The van der Waals surface area contributed by atoms with Gasteiger partial charge in [0.2, 0.25) is 12.3 Å². The number of methoxy groups -OCH3 is 1. The molecule has 3 aliphatic rings. The third-order valence-corrected chi connectivity index (χ3v) is 14.6. The predicted octanol–water partition coefficient (Wildman–Crippen LogP) is 8.63. The van der Waals surface area contributed by atoms with Crippen LogP contribution in [0.5, 0.6) is 0 Å². The van der Waals surface area contributed by atoms with E-state index in [0.29, 0.717) is 78.7 Å². The van der Waals surface area contributed by atoms with Gasteiger partial charge in [-0.25, -0.2) is 18.6 Å². The molecular weight excluding hydrogens is 1030 g/mol. The summed E-state index contributed by atoms with van der Waals surface area (Å²) in [6.45, 7) is 15.5. The molecule has 2 aromatic heterocycles. The number of aromatic nitrogens is 2. The Bertz CT molecular complexity index is 2850. The number of ether oxygens (including phenoxy) is 2. The number of alkyl halides is 6. The first-order valence-electron chi connectivity index (χ1n) is 26.7. The second-order valence-electron chi connectivity index (χ2n) is 22.2. The number of halogens is 6. The SMILES string of the molecule is CC(C)(C#CC(=O)N1CCC(F)C1)N1CCC1.COC(C)c1ncccc1-c1c(CC(C)(C)COC=O)c2cc(-c3cc(CC(NC(=O)C(C(C)C)N(C)C=O)C(=O)N4CCCCN4)cc(C(F)F)c3)ccc2n1CC(F)(F)F. The number of rotatable bonds is 20. The number of likely N-dealkylation sites (N-methyl/N-ethyl adjacent to an activating group) is 1. The number of benzene rings is 2. The third-order valence-electron chi connectivity index (χ3n) is 14.6. The van der Waals surface area contributed by atoms with Crippen molar-refractivity contribution in [2.45, 2.75) is 136 Å². The molecule has 3 saturated heterocycles. The van der Waals surface area contributed by atoms with Crippen LogP contribution in [0.25, 0.3) is 33.3 Å². The number of hydrogen-bond donors (Lipinski definition) is 2. The number of fused-ring (bicyclic) bond motifs is 1. The van der Waals surface area contributed by atoms with Crippen LogP contribution in [0.15, 0.2) is 54.7 Å².